The molecule has 1 fully saturated rings. The number of hydrogen-bond acceptors (Lipinski definition) is 3. The first kappa shape index (κ1) is 11.9. The third-order valence-corrected chi connectivity index (χ3v) is 5.01. The SMILES string of the molecule is COc1ccc(Br)cc1S(=O)(=O)CC1CC1. The summed E-state index contributed by atoms with van der Waals surface area (Å²) in [7, 11) is -1.73. The second-order valence-electron chi connectivity index (χ2n) is 4.02. The molecule has 0 spiro atoms. The van der Waals surface area contributed by atoms with Crippen LogP contribution in [0.1, 0.15) is 12.8 Å². The molecule has 5 heteroatoms. The van der Waals surface area contributed by atoms with Crippen molar-refractivity contribution in [2.75, 3.05) is 12.9 Å². The third kappa shape index (κ3) is 2.58. The van der Waals surface area contributed by atoms with Gasteiger partial charge in [-0.2, -0.15) is 0 Å². The summed E-state index contributed by atoms with van der Waals surface area (Å²) in [4.78, 5) is 0.288. The normalized spacial score (nSPS) is 16.1. The van der Waals surface area contributed by atoms with E-state index in [2.05, 4.69) is 15.9 Å². The van der Waals surface area contributed by atoms with Gasteiger partial charge in [0, 0.05) is 4.47 Å². The summed E-state index contributed by atoms with van der Waals surface area (Å²) in [6, 6.07) is 5.05. The van der Waals surface area contributed by atoms with Crippen molar-refractivity contribution in [2.45, 2.75) is 17.7 Å². The first-order valence-electron chi connectivity index (χ1n) is 5.09. The lowest BCUT2D eigenvalue weighted by Crippen LogP contribution is -2.09. The van der Waals surface area contributed by atoms with Crippen LogP contribution in [0.3, 0.4) is 0 Å². The van der Waals surface area contributed by atoms with Crippen molar-refractivity contribution in [3.63, 3.8) is 0 Å². The van der Waals surface area contributed by atoms with Crippen LogP contribution in [0.4, 0.5) is 0 Å². The maximum Gasteiger partial charge on any atom is 0.182 e. The van der Waals surface area contributed by atoms with Crippen molar-refractivity contribution in [1.82, 2.24) is 0 Å². The Bertz CT molecular complexity index is 492. The molecule has 0 aliphatic heterocycles. The van der Waals surface area contributed by atoms with E-state index in [0.717, 1.165) is 17.3 Å². The second-order valence-corrected chi connectivity index (χ2v) is 6.94. The monoisotopic (exact) mass is 304 g/mol. The van der Waals surface area contributed by atoms with Crippen LogP contribution in [0, 0.1) is 5.92 Å². The fourth-order valence-electron chi connectivity index (χ4n) is 1.58. The van der Waals surface area contributed by atoms with E-state index in [0.29, 0.717) is 11.7 Å². The number of halogens is 1. The van der Waals surface area contributed by atoms with Crippen molar-refractivity contribution < 1.29 is 13.2 Å². The topological polar surface area (TPSA) is 43.4 Å². The Labute approximate surface area is 104 Å². The van der Waals surface area contributed by atoms with Crippen molar-refractivity contribution in [3.8, 4) is 5.75 Å². The molecule has 1 saturated carbocycles. The van der Waals surface area contributed by atoms with Crippen LogP contribution in [0.25, 0.3) is 0 Å². The van der Waals surface area contributed by atoms with Gasteiger partial charge in [0.1, 0.15) is 10.6 Å². The highest BCUT2D eigenvalue weighted by molar-refractivity contribution is 9.10. The molecule has 16 heavy (non-hydrogen) atoms. The predicted molar refractivity (Wildman–Crippen MR) is 65.5 cm³/mol. The highest BCUT2D eigenvalue weighted by atomic mass is 79.9. The summed E-state index contributed by atoms with van der Waals surface area (Å²) in [6.45, 7) is 0. The minimum Gasteiger partial charge on any atom is -0.495 e. The van der Waals surface area contributed by atoms with Crippen LogP contribution in [0.2, 0.25) is 0 Å². The van der Waals surface area contributed by atoms with E-state index >= 15 is 0 Å². The standard InChI is InChI=1S/C11H13BrO3S/c1-15-10-5-4-9(12)6-11(10)16(13,14)7-8-2-3-8/h4-6,8H,2-3,7H2,1H3. The maximum absolute atomic E-state index is 12.1. The molecule has 0 unspecified atom stereocenters. The molecule has 0 radical (unpaired) electrons. The van der Waals surface area contributed by atoms with Crippen LogP contribution in [-0.2, 0) is 9.84 Å². The quantitative estimate of drug-likeness (QED) is 0.859. The van der Waals surface area contributed by atoms with Gasteiger partial charge in [-0.15, -0.1) is 0 Å². The van der Waals surface area contributed by atoms with Gasteiger partial charge in [-0.3, -0.25) is 0 Å². The van der Waals surface area contributed by atoms with Gasteiger partial charge in [0.2, 0.25) is 0 Å². The third-order valence-electron chi connectivity index (χ3n) is 2.61. The largest absolute Gasteiger partial charge is 0.495 e. The summed E-state index contributed by atoms with van der Waals surface area (Å²) in [5.41, 5.74) is 0. The average molecular weight is 305 g/mol. The average Bonchev–Trinajstić information content (AvgIpc) is 3.01. The molecule has 1 aromatic rings. The lowest BCUT2D eigenvalue weighted by molar-refractivity contribution is 0.402. The van der Waals surface area contributed by atoms with Crippen LogP contribution in [0.15, 0.2) is 27.6 Å². The smallest absolute Gasteiger partial charge is 0.182 e. The van der Waals surface area contributed by atoms with Gasteiger partial charge in [-0.1, -0.05) is 15.9 Å². The zero-order valence-corrected chi connectivity index (χ0v) is 11.3. The molecule has 0 heterocycles. The zero-order chi connectivity index (χ0) is 11.8. The fourth-order valence-corrected chi connectivity index (χ4v) is 3.99. The van der Waals surface area contributed by atoms with Crippen molar-refractivity contribution >= 4 is 25.8 Å². The molecule has 0 atom stereocenters. The first-order chi connectivity index (χ1) is 7.53. The lowest BCUT2D eigenvalue weighted by Gasteiger charge is -2.09. The highest BCUT2D eigenvalue weighted by Gasteiger charge is 2.30. The number of rotatable bonds is 4. The maximum atomic E-state index is 12.1. The van der Waals surface area contributed by atoms with Crippen LogP contribution < -0.4 is 4.74 Å². The Hall–Kier alpha value is -0.550. The fraction of sp³-hybridized carbons (Fsp3) is 0.455. The van der Waals surface area contributed by atoms with Gasteiger partial charge in [0.15, 0.2) is 9.84 Å². The van der Waals surface area contributed by atoms with Gasteiger partial charge >= 0.3 is 0 Å². The van der Waals surface area contributed by atoms with E-state index in [4.69, 9.17) is 4.74 Å². The van der Waals surface area contributed by atoms with Crippen LogP contribution in [0.5, 0.6) is 5.75 Å². The molecule has 0 amide bonds. The molecule has 1 aromatic carbocycles. The number of hydrogen-bond donors (Lipinski definition) is 0. The molecular formula is C11H13BrO3S. The van der Waals surface area contributed by atoms with E-state index in [9.17, 15) is 8.42 Å². The van der Waals surface area contributed by atoms with Gasteiger partial charge < -0.3 is 4.74 Å². The summed E-state index contributed by atoms with van der Waals surface area (Å²) in [6.07, 6.45) is 2.05. The van der Waals surface area contributed by atoms with Crippen LogP contribution in [-0.4, -0.2) is 21.3 Å². The highest BCUT2D eigenvalue weighted by Crippen LogP contribution is 2.35. The molecule has 1 aliphatic rings. The zero-order valence-electron chi connectivity index (χ0n) is 8.94. The summed E-state index contributed by atoms with van der Waals surface area (Å²) < 4.78 is 30.1. The second kappa shape index (κ2) is 4.37. The Morgan fingerprint density at radius 3 is 2.69 bits per heavy atom. The molecular weight excluding hydrogens is 292 g/mol. The van der Waals surface area contributed by atoms with Crippen molar-refractivity contribution in [3.05, 3.63) is 22.7 Å². The number of ether oxygens (including phenoxy) is 1. The van der Waals surface area contributed by atoms with E-state index < -0.39 is 9.84 Å². The molecule has 0 N–H and O–H groups in total. The lowest BCUT2D eigenvalue weighted by atomic mass is 10.3. The molecule has 3 nitrogen and oxygen atoms in total. The molecule has 0 saturated heterocycles. The molecule has 88 valence electrons. The van der Waals surface area contributed by atoms with Gasteiger partial charge in [-0.05, 0) is 37.0 Å². The van der Waals surface area contributed by atoms with Crippen molar-refractivity contribution in [2.24, 2.45) is 5.92 Å². The Kier molecular flexibility index (Phi) is 3.26. The molecule has 0 aromatic heterocycles. The molecule has 1 aliphatic carbocycles. The Balaban J connectivity index is 2.40. The van der Waals surface area contributed by atoms with Gasteiger partial charge in [0.05, 0.1) is 12.9 Å². The number of benzene rings is 1. The minimum atomic E-state index is -3.22. The number of methoxy groups -OCH3 is 1. The van der Waals surface area contributed by atoms with E-state index in [1.54, 1.807) is 18.2 Å². The summed E-state index contributed by atoms with van der Waals surface area (Å²) in [5, 5.41) is 0. The van der Waals surface area contributed by atoms with E-state index in [1.165, 1.54) is 7.11 Å². The van der Waals surface area contributed by atoms with Crippen LogP contribution >= 0.6 is 15.9 Å². The van der Waals surface area contributed by atoms with Gasteiger partial charge in [0.25, 0.3) is 0 Å². The Morgan fingerprint density at radius 1 is 1.44 bits per heavy atom. The minimum absolute atomic E-state index is 0.236. The first-order valence-corrected chi connectivity index (χ1v) is 7.54. The number of sulfone groups is 1. The molecule has 0 bridgehead atoms. The molecule has 2 rings (SSSR count). The van der Waals surface area contributed by atoms with Gasteiger partial charge in [-0.25, -0.2) is 8.42 Å². The summed E-state index contributed by atoms with van der Waals surface area (Å²) >= 11 is 3.28. The van der Waals surface area contributed by atoms with E-state index in [1.807, 2.05) is 0 Å². The predicted octanol–water partition coefficient (Wildman–Crippen LogP) is 2.64. The Morgan fingerprint density at radius 2 is 2.12 bits per heavy atom. The summed E-state index contributed by atoms with van der Waals surface area (Å²) in [5.74, 6) is 0.998. The van der Waals surface area contributed by atoms with E-state index in [-0.39, 0.29) is 10.6 Å². The van der Waals surface area contributed by atoms with Crippen molar-refractivity contribution in [1.29, 1.82) is 0 Å².